The Morgan fingerprint density at radius 3 is 2.59 bits per heavy atom. The van der Waals surface area contributed by atoms with Crippen LogP contribution in [0.4, 0.5) is 0 Å². The Labute approximate surface area is 105 Å². The predicted molar refractivity (Wildman–Crippen MR) is 70.9 cm³/mol. The molecule has 0 aliphatic carbocycles. The molecule has 1 fully saturated rings. The molecule has 4 nitrogen and oxygen atoms in total. The van der Waals surface area contributed by atoms with Crippen molar-refractivity contribution in [2.45, 2.75) is 26.2 Å². The number of nitrogens with zero attached hydrogens (tertiary/aromatic N) is 1. The molecule has 0 aromatic rings. The molecule has 1 atom stereocenters. The molecule has 1 saturated heterocycles. The second-order valence-corrected chi connectivity index (χ2v) is 5.15. The van der Waals surface area contributed by atoms with Crippen LogP contribution in [0.5, 0.6) is 0 Å². The lowest BCUT2D eigenvalue weighted by molar-refractivity contribution is -0.125. The van der Waals surface area contributed by atoms with Gasteiger partial charge >= 0.3 is 0 Å². The topological polar surface area (TPSA) is 44.4 Å². The zero-order valence-corrected chi connectivity index (χ0v) is 11.5. The number of rotatable bonds is 6. The second kappa shape index (κ2) is 7.67. The molecule has 1 aliphatic heterocycles. The van der Waals surface area contributed by atoms with Gasteiger partial charge in [0.05, 0.1) is 5.92 Å². The molecule has 1 rings (SSSR count). The Kier molecular flexibility index (Phi) is 6.52. The fraction of sp³-hybridized carbons (Fsp3) is 0.923. The van der Waals surface area contributed by atoms with E-state index in [1.54, 1.807) is 0 Å². The molecule has 0 aromatic carbocycles. The summed E-state index contributed by atoms with van der Waals surface area (Å²) in [6.45, 7) is 6.02. The minimum absolute atomic E-state index is 0.117. The van der Waals surface area contributed by atoms with E-state index in [4.69, 9.17) is 0 Å². The Morgan fingerprint density at radius 1 is 1.41 bits per heavy atom. The molecule has 1 unspecified atom stereocenters. The van der Waals surface area contributed by atoms with Crippen molar-refractivity contribution in [1.82, 2.24) is 15.5 Å². The highest BCUT2D eigenvalue weighted by Gasteiger charge is 2.19. The van der Waals surface area contributed by atoms with Crippen molar-refractivity contribution in [3.05, 3.63) is 0 Å². The average molecular weight is 241 g/mol. The van der Waals surface area contributed by atoms with E-state index < -0.39 is 0 Å². The van der Waals surface area contributed by atoms with Gasteiger partial charge in [-0.1, -0.05) is 6.92 Å². The predicted octanol–water partition coefficient (Wildman–Crippen LogP) is 0.690. The molecule has 0 aromatic heterocycles. The Balaban J connectivity index is 2.22. The van der Waals surface area contributed by atoms with E-state index in [1.165, 1.54) is 12.8 Å². The van der Waals surface area contributed by atoms with Crippen molar-refractivity contribution < 1.29 is 4.79 Å². The van der Waals surface area contributed by atoms with E-state index in [-0.39, 0.29) is 11.8 Å². The van der Waals surface area contributed by atoms with E-state index in [0.29, 0.717) is 5.92 Å². The maximum atomic E-state index is 11.9. The van der Waals surface area contributed by atoms with Gasteiger partial charge in [-0.3, -0.25) is 4.79 Å². The van der Waals surface area contributed by atoms with Gasteiger partial charge in [-0.05, 0) is 52.4 Å². The third-order valence-electron chi connectivity index (χ3n) is 3.72. The number of carbonyl (C=O) groups is 1. The van der Waals surface area contributed by atoms with Crippen molar-refractivity contribution in [2.75, 3.05) is 40.3 Å². The highest BCUT2D eigenvalue weighted by molar-refractivity contribution is 5.78. The van der Waals surface area contributed by atoms with Crippen molar-refractivity contribution in [2.24, 2.45) is 11.8 Å². The SMILES string of the molecule is CCC(CNC)C(=O)NCC1CCN(C)CC1. The van der Waals surface area contributed by atoms with Gasteiger partial charge in [-0.15, -0.1) is 0 Å². The fourth-order valence-corrected chi connectivity index (χ4v) is 2.32. The fourth-order valence-electron chi connectivity index (χ4n) is 2.32. The number of amides is 1. The van der Waals surface area contributed by atoms with E-state index >= 15 is 0 Å². The van der Waals surface area contributed by atoms with E-state index in [0.717, 1.165) is 32.6 Å². The maximum Gasteiger partial charge on any atom is 0.224 e. The molecule has 2 N–H and O–H groups in total. The summed E-state index contributed by atoms with van der Waals surface area (Å²) in [5.74, 6) is 0.995. The van der Waals surface area contributed by atoms with Crippen LogP contribution >= 0.6 is 0 Å². The molecule has 4 heteroatoms. The van der Waals surface area contributed by atoms with Crippen LogP contribution in [-0.4, -0.2) is 51.1 Å². The second-order valence-electron chi connectivity index (χ2n) is 5.15. The third-order valence-corrected chi connectivity index (χ3v) is 3.72. The molecule has 0 spiro atoms. The number of hydrogen-bond acceptors (Lipinski definition) is 3. The highest BCUT2D eigenvalue weighted by atomic mass is 16.1. The third kappa shape index (κ3) is 5.04. The van der Waals surface area contributed by atoms with Gasteiger partial charge in [-0.2, -0.15) is 0 Å². The van der Waals surface area contributed by atoms with Crippen molar-refractivity contribution in [1.29, 1.82) is 0 Å². The number of nitrogens with one attached hydrogen (secondary N) is 2. The summed E-state index contributed by atoms with van der Waals surface area (Å²) < 4.78 is 0. The summed E-state index contributed by atoms with van der Waals surface area (Å²) in [7, 11) is 4.06. The van der Waals surface area contributed by atoms with Crippen LogP contribution in [0.1, 0.15) is 26.2 Å². The van der Waals surface area contributed by atoms with Gasteiger partial charge in [0, 0.05) is 13.1 Å². The van der Waals surface area contributed by atoms with Crippen molar-refractivity contribution in [3.8, 4) is 0 Å². The number of hydrogen-bond donors (Lipinski definition) is 2. The summed E-state index contributed by atoms with van der Waals surface area (Å²) >= 11 is 0. The van der Waals surface area contributed by atoms with Crippen LogP contribution in [-0.2, 0) is 4.79 Å². The molecular weight excluding hydrogens is 214 g/mol. The van der Waals surface area contributed by atoms with Crippen LogP contribution in [0.3, 0.4) is 0 Å². The van der Waals surface area contributed by atoms with Gasteiger partial charge in [0.15, 0.2) is 0 Å². The van der Waals surface area contributed by atoms with Gasteiger partial charge in [0.25, 0.3) is 0 Å². The normalized spacial score (nSPS) is 20.2. The van der Waals surface area contributed by atoms with Crippen LogP contribution in [0.15, 0.2) is 0 Å². The van der Waals surface area contributed by atoms with Gasteiger partial charge < -0.3 is 15.5 Å². The molecule has 17 heavy (non-hydrogen) atoms. The lowest BCUT2D eigenvalue weighted by Crippen LogP contribution is -2.40. The number of piperidine rings is 1. The minimum atomic E-state index is 0.117. The van der Waals surface area contributed by atoms with Crippen LogP contribution in [0, 0.1) is 11.8 Å². The van der Waals surface area contributed by atoms with Crippen molar-refractivity contribution in [3.63, 3.8) is 0 Å². The summed E-state index contributed by atoms with van der Waals surface area (Å²) in [4.78, 5) is 14.3. The lowest BCUT2D eigenvalue weighted by atomic mass is 9.96. The van der Waals surface area contributed by atoms with Gasteiger partial charge in [-0.25, -0.2) is 0 Å². The van der Waals surface area contributed by atoms with E-state index in [1.807, 2.05) is 7.05 Å². The van der Waals surface area contributed by atoms with Crippen LogP contribution < -0.4 is 10.6 Å². The minimum Gasteiger partial charge on any atom is -0.356 e. The first-order valence-electron chi connectivity index (χ1n) is 6.78. The quantitative estimate of drug-likeness (QED) is 0.719. The van der Waals surface area contributed by atoms with E-state index in [2.05, 4.69) is 29.5 Å². The largest absolute Gasteiger partial charge is 0.356 e. The summed E-state index contributed by atoms with van der Waals surface area (Å²) in [5, 5.41) is 6.18. The maximum absolute atomic E-state index is 11.9. The first-order valence-corrected chi connectivity index (χ1v) is 6.78. The molecule has 1 aliphatic rings. The Bertz CT molecular complexity index is 225. The smallest absolute Gasteiger partial charge is 0.224 e. The highest BCUT2D eigenvalue weighted by Crippen LogP contribution is 2.15. The molecule has 0 radical (unpaired) electrons. The van der Waals surface area contributed by atoms with E-state index in [9.17, 15) is 4.79 Å². The zero-order valence-electron chi connectivity index (χ0n) is 11.5. The molecule has 100 valence electrons. The number of carbonyl (C=O) groups excluding carboxylic acids is 1. The lowest BCUT2D eigenvalue weighted by Gasteiger charge is -2.29. The van der Waals surface area contributed by atoms with Crippen LogP contribution in [0.2, 0.25) is 0 Å². The molecule has 0 bridgehead atoms. The van der Waals surface area contributed by atoms with Gasteiger partial charge in [0.2, 0.25) is 5.91 Å². The molecule has 1 heterocycles. The summed E-state index contributed by atoms with van der Waals surface area (Å²) in [6, 6.07) is 0. The molecular formula is C13H27N3O. The summed E-state index contributed by atoms with van der Waals surface area (Å²) in [6.07, 6.45) is 3.32. The van der Waals surface area contributed by atoms with Crippen molar-refractivity contribution >= 4 is 5.91 Å². The average Bonchev–Trinajstić information content (AvgIpc) is 2.35. The molecule has 1 amide bonds. The Morgan fingerprint density at radius 2 is 2.06 bits per heavy atom. The van der Waals surface area contributed by atoms with Gasteiger partial charge in [0.1, 0.15) is 0 Å². The van der Waals surface area contributed by atoms with Crippen LogP contribution in [0.25, 0.3) is 0 Å². The first kappa shape index (κ1) is 14.5. The summed E-state index contributed by atoms with van der Waals surface area (Å²) in [5.41, 5.74) is 0. The standard InChI is InChI=1S/C13H27N3O/c1-4-12(10-14-2)13(17)15-9-11-5-7-16(3)8-6-11/h11-12,14H,4-10H2,1-3H3,(H,15,17). The Hall–Kier alpha value is -0.610. The monoisotopic (exact) mass is 241 g/mol. The number of likely N-dealkylation sites (tertiary alicyclic amines) is 1. The first-order chi connectivity index (χ1) is 8.17. The zero-order chi connectivity index (χ0) is 12.7. The molecule has 0 saturated carbocycles.